The van der Waals surface area contributed by atoms with Gasteiger partial charge in [-0.05, 0) is 52.6 Å². The molecule has 1 amide bonds. The zero-order valence-electron chi connectivity index (χ0n) is 19.4. The lowest BCUT2D eigenvalue weighted by Crippen LogP contribution is -2.11. The fraction of sp³-hybridized carbons (Fsp3) is 0.0345. The highest BCUT2D eigenvalue weighted by Crippen LogP contribution is 2.31. The molecular weight excluding hydrogens is 472 g/mol. The van der Waals surface area contributed by atoms with Crippen LogP contribution >= 0.6 is 0 Å². The number of benzene rings is 5. The maximum absolute atomic E-state index is 13.4. The molecule has 6 nitrogen and oxygen atoms in total. The minimum Gasteiger partial charge on any atom is -0.378 e. The van der Waals surface area contributed by atoms with E-state index < -0.39 is 10.1 Å². The molecule has 0 aliphatic carbocycles. The lowest BCUT2D eigenvalue weighted by atomic mass is 10.0. The van der Waals surface area contributed by atoms with Gasteiger partial charge in [-0.2, -0.15) is 8.42 Å². The molecule has 0 heterocycles. The Labute approximate surface area is 209 Å². The number of carbonyl (C=O) groups is 1. The third kappa shape index (κ3) is 4.82. The van der Waals surface area contributed by atoms with Crippen molar-refractivity contribution in [1.29, 1.82) is 0 Å². The molecule has 0 radical (unpaired) electrons. The van der Waals surface area contributed by atoms with Gasteiger partial charge in [0.15, 0.2) is 5.75 Å². The topological polar surface area (TPSA) is 84.8 Å². The number of aliphatic imine (C=N–C) groups is 1. The minimum absolute atomic E-state index is 0.102. The number of rotatable bonds is 6. The van der Waals surface area contributed by atoms with Gasteiger partial charge in [-0.25, -0.2) is 0 Å². The Kier molecular flexibility index (Phi) is 6.23. The molecule has 178 valence electrons. The Morgan fingerprint density at radius 3 is 2.14 bits per heavy atom. The largest absolute Gasteiger partial charge is 0.378 e. The molecule has 0 aliphatic rings. The lowest BCUT2D eigenvalue weighted by Gasteiger charge is -2.13. The predicted octanol–water partition coefficient (Wildman–Crippen LogP) is 6.47. The Hall–Kier alpha value is -4.49. The van der Waals surface area contributed by atoms with E-state index in [2.05, 4.69) is 10.3 Å². The molecule has 0 saturated carbocycles. The second-order valence-electron chi connectivity index (χ2n) is 8.20. The molecule has 5 aromatic carbocycles. The van der Waals surface area contributed by atoms with E-state index >= 15 is 0 Å². The number of hydrogen-bond donors (Lipinski definition) is 1. The minimum atomic E-state index is -4.13. The summed E-state index contributed by atoms with van der Waals surface area (Å²) < 4.78 is 32.5. The summed E-state index contributed by atoms with van der Waals surface area (Å²) in [5, 5.41) is 5.85. The summed E-state index contributed by atoms with van der Waals surface area (Å²) >= 11 is 0. The summed E-state index contributed by atoms with van der Waals surface area (Å²) in [7, 11) is -4.13. The van der Waals surface area contributed by atoms with E-state index in [-0.39, 0.29) is 16.6 Å². The molecule has 0 saturated heterocycles. The van der Waals surface area contributed by atoms with Crippen molar-refractivity contribution in [2.45, 2.75) is 11.8 Å². The van der Waals surface area contributed by atoms with Gasteiger partial charge in [0.05, 0.1) is 5.69 Å². The summed E-state index contributed by atoms with van der Waals surface area (Å²) in [6.07, 6.45) is 1.60. The SMILES string of the molecule is CC(=O)Nc1ccc(N=Cc2c(OS(=O)(=O)c3cccc4ccccc34)ccc3ccccc23)cc1. The maximum atomic E-state index is 13.4. The fourth-order valence-electron chi connectivity index (χ4n) is 4.03. The lowest BCUT2D eigenvalue weighted by molar-refractivity contribution is -0.114. The van der Waals surface area contributed by atoms with Gasteiger partial charge in [0.25, 0.3) is 0 Å². The van der Waals surface area contributed by atoms with E-state index in [4.69, 9.17) is 4.18 Å². The van der Waals surface area contributed by atoms with E-state index in [1.165, 1.54) is 6.92 Å². The molecule has 0 aliphatic heterocycles. The first-order valence-electron chi connectivity index (χ1n) is 11.3. The highest BCUT2D eigenvalue weighted by atomic mass is 32.2. The standard InChI is InChI=1S/C29H22N2O4S/c1-20(32)31-24-16-14-23(15-17-24)30-19-27-25-10-4-2-8-22(25)13-18-28(27)35-36(33,34)29-12-6-9-21-7-3-5-11-26(21)29/h2-19H,1H3,(H,31,32). The van der Waals surface area contributed by atoms with Crippen LogP contribution in [0.25, 0.3) is 21.5 Å². The number of hydrogen-bond acceptors (Lipinski definition) is 5. The molecule has 0 unspecified atom stereocenters. The Bertz CT molecular complexity index is 1720. The van der Waals surface area contributed by atoms with Crippen LogP contribution in [0.4, 0.5) is 11.4 Å². The smallest absolute Gasteiger partial charge is 0.339 e. The highest BCUT2D eigenvalue weighted by Gasteiger charge is 2.21. The van der Waals surface area contributed by atoms with E-state index in [9.17, 15) is 13.2 Å². The van der Waals surface area contributed by atoms with Gasteiger partial charge in [0.1, 0.15) is 4.90 Å². The molecule has 7 heteroatoms. The molecule has 0 spiro atoms. The summed E-state index contributed by atoms with van der Waals surface area (Å²) in [5.41, 5.74) is 1.85. The molecule has 5 aromatic rings. The van der Waals surface area contributed by atoms with Gasteiger partial charge in [-0.3, -0.25) is 9.79 Å². The molecule has 36 heavy (non-hydrogen) atoms. The van der Waals surface area contributed by atoms with Crippen molar-refractivity contribution in [3.05, 3.63) is 109 Å². The Morgan fingerprint density at radius 1 is 0.778 bits per heavy atom. The first kappa shape index (κ1) is 23.3. The van der Waals surface area contributed by atoms with Crippen molar-refractivity contribution in [1.82, 2.24) is 0 Å². The third-order valence-corrected chi connectivity index (χ3v) is 6.97. The average Bonchev–Trinajstić information content (AvgIpc) is 2.88. The van der Waals surface area contributed by atoms with E-state index in [1.807, 2.05) is 48.5 Å². The monoisotopic (exact) mass is 494 g/mol. The van der Waals surface area contributed by atoms with Crippen LogP contribution in [0.5, 0.6) is 5.75 Å². The van der Waals surface area contributed by atoms with Crippen LogP contribution in [-0.4, -0.2) is 20.5 Å². The van der Waals surface area contributed by atoms with Crippen molar-refractivity contribution in [2.75, 3.05) is 5.32 Å². The number of amides is 1. The van der Waals surface area contributed by atoms with Gasteiger partial charge >= 0.3 is 10.1 Å². The summed E-state index contributed by atoms with van der Waals surface area (Å²) in [6.45, 7) is 1.44. The van der Waals surface area contributed by atoms with Gasteiger partial charge in [-0.1, -0.05) is 66.7 Å². The zero-order valence-corrected chi connectivity index (χ0v) is 20.2. The van der Waals surface area contributed by atoms with Crippen LogP contribution in [0, 0.1) is 0 Å². The Morgan fingerprint density at radius 2 is 1.42 bits per heavy atom. The maximum Gasteiger partial charge on any atom is 0.339 e. The van der Waals surface area contributed by atoms with Crippen LogP contribution in [0.2, 0.25) is 0 Å². The first-order valence-corrected chi connectivity index (χ1v) is 12.7. The zero-order chi connectivity index (χ0) is 25.1. The number of anilines is 1. The number of carbonyl (C=O) groups excluding carboxylic acids is 1. The number of nitrogens with one attached hydrogen (secondary N) is 1. The van der Waals surface area contributed by atoms with Crippen LogP contribution in [0.15, 0.2) is 113 Å². The molecule has 0 aromatic heterocycles. The van der Waals surface area contributed by atoms with E-state index in [0.717, 1.165) is 16.2 Å². The fourth-order valence-corrected chi connectivity index (χ4v) is 5.20. The van der Waals surface area contributed by atoms with Crippen molar-refractivity contribution < 1.29 is 17.4 Å². The quantitative estimate of drug-likeness (QED) is 0.217. The third-order valence-electron chi connectivity index (χ3n) is 5.68. The number of nitrogens with zero attached hydrogens (tertiary/aromatic N) is 1. The normalized spacial score (nSPS) is 11.7. The van der Waals surface area contributed by atoms with Gasteiger partial charge in [0.2, 0.25) is 5.91 Å². The van der Waals surface area contributed by atoms with Crippen LogP contribution in [0.3, 0.4) is 0 Å². The molecule has 5 rings (SSSR count). The first-order chi connectivity index (χ1) is 17.4. The molecule has 0 bridgehead atoms. The van der Waals surface area contributed by atoms with Crippen molar-refractivity contribution >= 4 is 55.2 Å². The second-order valence-corrected chi connectivity index (χ2v) is 9.71. The molecular formula is C29H22N2O4S. The van der Waals surface area contributed by atoms with Crippen LogP contribution in [-0.2, 0) is 14.9 Å². The second kappa shape index (κ2) is 9.64. The van der Waals surface area contributed by atoms with E-state index in [0.29, 0.717) is 22.3 Å². The van der Waals surface area contributed by atoms with Crippen LogP contribution in [0.1, 0.15) is 12.5 Å². The molecule has 1 N–H and O–H groups in total. The molecule has 0 fully saturated rings. The highest BCUT2D eigenvalue weighted by molar-refractivity contribution is 7.87. The average molecular weight is 495 g/mol. The Balaban J connectivity index is 1.55. The molecule has 0 atom stereocenters. The van der Waals surface area contributed by atoms with E-state index in [1.54, 1.807) is 60.8 Å². The van der Waals surface area contributed by atoms with Gasteiger partial charge in [-0.15, -0.1) is 0 Å². The van der Waals surface area contributed by atoms with Gasteiger partial charge < -0.3 is 9.50 Å². The van der Waals surface area contributed by atoms with Crippen molar-refractivity contribution in [3.63, 3.8) is 0 Å². The summed E-state index contributed by atoms with van der Waals surface area (Å²) in [4.78, 5) is 15.9. The summed E-state index contributed by atoms with van der Waals surface area (Å²) in [6, 6.07) is 30.5. The van der Waals surface area contributed by atoms with Crippen molar-refractivity contribution in [3.8, 4) is 5.75 Å². The van der Waals surface area contributed by atoms with Gasteiger partial charge in [0, 0.05) is 29.8 Å². The van der Waals surface area contributed by atoms with Crippen LogP contribution < -0.4 is 9.50 Å². The summed E-state index contributed by atoms with van der Waals surface area (Å²) in [5.74, 6) is 0.0245. The number of fused-ring (bicyclic) bond motifs is 2. The predicted molar refractivity (Wildman–Crippen MR) is 144 cm³/mol. The van der Waals surface area contributed by atoms with Crippen molar-refractivity contribution in [2.24, 2.45) is 4.99 Å².